The largest absolute Gasteiger partial charge is 0.308 e. The van der Waals surface area contributed by atoms with Crippen LogP contribution in [-0.2, 0) is 6.42 Å². The van der Waals surface area contributed by atoms with Crippen molar-refractivity contribution >= 4 is 17.3 Å². The SMILES string of the molecule is O=C(c1ccc(F)cc1)N1CCc2ccc([N+](=O)[O-])cc21. The van der Waals surface area contributed by atoms with Crippen molar-refractivity contribution in [3.63, 3.8) is 0 Å². The number of fused-ring (bicyclic) bond motifs is 1. The van der Waals surface area contributed by atoms with Crippen LogP contribution in [-0.4, -0.2) is 17.4 Å². The Kier molecular flexibility index (Phi) is 3.13. The molecule has 2 aromatic rings. The molecule has 0 saturated carbocycles. The van der Waals surface area contributed by atoms with Crippen LogP contribution >= 0.6 is 0 Å². The van der Waals surface area contributed by atoms with Gasteiger partial charge in [-0.3, -0.25) is 14.9 Å². The van der Waals surface area contributed by atoms with Crippen LogP contribution in [0.2, 0.25) is 0 Å². The molecule has 106 valence electrons. The molecule has 1 heterocycles. The van der Waals surface area contributed by atoms with E-state index in [0.717, 1.165) is 5.56 Å². The Morgan fingerprint density at radius 3 is 2.57 bits per heavy atom. The van der Waals surface area contributed by atoms with Gasteiger partial charge in [-0.05, 0) is 36.2 Å². The van der Waals surface area contributed by atoms with E-state index in [-0.39, 0.29) is 11.6 Å². The highest BCUT2D eigenvalue weighted by Gasteiger charge is 2.27. The molecule has 1 aliphatic rings. The molecule has 1 aliphatic heterocycles. The van der Waals surface area contributed by atoms with Crippen LogP contribution in [0.25, 0.3) is 0 Å². The summed E-state index contributed by atoms with van der Waals surface area (Å²) in [5.41, 5.74) is 1.76. The van der Waals surface area contributed by atoms with E-state index in [2.05, 4.69) is 0 Å². The molecule has 0 saturated heterocycles. The fourth-order valence-electron chi connectivity index (χ4n) is 2.44. The first kappa shape index (κ1) is 13.2. The third-order valence-corrected chi connectivity index (χ3v) is 3.51. The first-order chi connectivity index (χ1) is 10.1. The maximum absolute atomic E-state index is 12.9. The van der Waals surface area contributed by atoms with Gasteiger partial charge >= 0.3 is 0 Å². The lowest BCUT2D eigenvalue weighted by atomic mass is 10.1. The van der Waals surface area contributed by atoms with Crippen molar-refractivity contribution in [2.45, 2.75) is 6.42 Å². The summed E-state index contributed by atoms with van der Waals surface area (Å²) < 4.78 is 12.9. The number of anilines is 1. The van der Waals surface area contributed by atoms with Crippen LogP contribution in [0.15, 0.2) is 42.5 Å². The molecule has 0 N–H and O–H groups in total. The number of nitro groups is 1. The average molecular weight is 286 g/mol. The lowest BCUT2D eigenvalue weighted by Gasteiger charge is -2.17. The van der Waals surface area contributed by atoms with E-state index in [9.17, 15) is 19.3 Å². The van der Waals surface area contributed by atoms with Crippen LogP contribution in [0.4, 0.5) is 15.8 Å². The van der Waals surface area contributed by atoms with Gasteiger partial charge in [0.25, 0.3) is 11.6 Å². The van der Waals surface area contributed by atoms with Gasteiger partial charge in [-0.2, -0.15) is 0 Å². The van der Waals surface area contributed by atoms with Crippen molar-refractivity contribution < 1.29 is 14.1 Å². The van der Waals surface area contributed by atoms with Gasteiger partial charge in [0.05, 0.1) is 10.6 Å². The summed E-state index contributed by atoms with van der Waals surface area (Å²) in [7, 11) is 0. The van der Waals surface area contributed by atoms with E-state index in [1.54, 1.807) is 6.07 Å². The molecular weight excluding hydrogens is 275 g/mol. The van der Waals surface area contributed by atoms with E-state index in [4.69, 9.17) is 0 Å². The predicted octanol–water partition coefficient (Wildman–Crippen LogP) is 2.94. The Morgan fingerprint density at radius 2 is 1.90 bits per heavy atom. The number of benzene rings is 2. The third-order valence-electron chi connectivity index (χ3n) is 3.51. The molecule has 0 aromatic heterocycles. The summed E-state index contributed by atoms with van der Waals surface area (Å²) in [4.78, 5) is 24.3. The van der Waals surface area contributed by atoms with Crippen LogP contribution in [0.3, 0.4) is 0 Å². The standard InChI is InChI=1S/C15H11FN2O3/c16-12-4-1-11(2-5-12)15(19)17-8-7-10-3-6-13(18(20)21)9-14(10)17/h1-6,9H,7-8H2. The molecule has 1 amide bonds. The second kappa shape index (κ2) is 4.97. The first-order valence-electron chi connectivity index (χ1n) is 6.41. The van der Waals surface area contributed by atoms with Crippen LogP contribution in [0.1, 0.15) is 15.9 Å². The van der Waals surface area contributed by atoms with Crippen molar-refractivity contribution in [3.05, 3.63) is 69.5 Å². The Morgan fingerprint density at radius 1 is 1.19 bits per heavy atom. The summed E-state index contributed by atoms with van der Waals surface area (Å²) >= 11 is 0. The number of rotatable bonds is 2. The van der Waals surface area contributed by atoms with E-state index < -0.39 is 10.7 Å². The van der Waals surface area contributed by atoms with Crippen molar-refractivity contribution in [3.8, 4) is 0 Å². The molecule has 21 heavy (non-hydrogen) atoms. The fraction of sp³-hybridized carbons (Fsp3) is 0.133. The van der Waals surface area contributed by atoms with Crippen molar-refractivity contribution in [2.24, 2.45) is 0 Å². The third kappa shape index (κ3) is 2.35. The maximum Gasteiger partial charge on any atom is 0.271 e. The van der Waals surface area contributed by atoms with Gasteiger partial charge in [-0.25, -0.2) is 4.39 Å². The number of hydrogen-bond donors (Lipinski definition) is 0. The summed E-state index contributed by atoms with van der Waals surface area (Å²) in [6, 6.07) is 9.77. The van der Waals surface area contributed by atoms with Crippen LogP contribution in [0, 0.1) is 15.9 Å². The summed E-state index contributed by atoms with van der Waals surface area (Å²) in [6.45, 7) is 0.465. The minimum absolute atomic E-state index is 0.0486. The number of amides is 1. The minimum Gasteiger partial charge on any atom is -0.308 e. The molecule has 5 nitrogen and oxygen atoms in total. The van der Waals surface area contributed by atoms with E-state index in [0.29, 0.717) is 24.2 Å². The number of nitro benzene ring substituents is 1. The highest BCUT2D eigenvalue weighted by Crippen LogP contribution is 2.32. The van der Waals surface area contributed by atoms with Gasteiger partial charge < -0.3 is 4.90 Å². The van der Waals surface area contributed by atoms with Gasteiger partial charge in [0.15, 0.2) is 0 Å². The summed E-state index contributed by atoms with van der Waals surface area (Å²) in [5.74, 6) is -0.696. The minimum atomic E-state index is -0.487. The highest BCUT2D eigenvalue weighted by molar-refractivity contribution is 6.07. The molecule has 0 atom stereocenters. The van der Waals surface area contributed by atoms with E-state index in [1.165, 1.54) is 41.3 Å². The number of halogens is 1. The molecule has 0 aliphatic carbocycles. The molecule has 0 bridgehead atoms. The number of non-ortho nitro benzene ring substituents is 1. The quantitative estimate of drug-likeness (QED) is 0.630. The second-order valence-electron chi connectivity index (χ2n) is 4.78. The summed E-state index contributed by atoms with van der Waals surface area (Å²) in [6.07, 6.45) is 0.653. The monoisotopic (exact) mass is 286 g/mol. The van der Waals surface area contributed by atoms with Gasteiger partial charge in [-0.15, -0.1) is 0 Å². The average Bonchev–Trinajstić information content (AvgIpc) is 2.90. The zero-order valence-electron chi connectivity index (χ0n) is 11.0. The number of nitrogens with zero attached hydrogens (tertiary/aromatic N) is 2. The Bertz CT molecular complexity index is 728. The van der Waals surface area contributed by atoms with Crippen molar-refractivity contribution in [1.29, 1.82) is 0 Å². The lowest BCUT2D eigenvalue weighted by Crippen LogP contribution is -2.28. The molecular formula is C15H11FN2O3. The van der Waals surface area contributed by atoms with Gasteiger partial charge in [-0.1, -0.05) is 6.07 Å². The van der Waals surface area contributed by atoms with Gasteiger partial charge in [0.2, 0.25) is 0 Å². The Balaban J connectivity index is 1.96. The molecule has 3 rings (SSSR count). The summed E-state index contributed by atoms with van der Waals surface area (Å²) in [5, 5.41) is 10.8. The number of carbonyl (C=O) groups excluding carboxylic acids is 1. The Hall–Kier alpha value is -2.76. The van der Waals surface area contributed by atoms with E-state index >= 15 is 0 Å². The van der Waals surface area contributed by atoms with E-state index in [1.807, 2.05) is 0 Å². The molecule has 2 aromatic carbocycles. The van der Waals surface area contributed by atoms with Crippen LogP contribution in [0.5, 0.6) is 0 Å². The topological polar surface area (TPSA) is 63.5 Å². The smallest absolute Gasteiger partial charge is 0.271 e. The highest BCUT2D eigenvalue weighted by atomic mass is 19.1. The number of carbonyl (C=O) groups is 1. The maximum atomic E-state index is 12.9. The molecule has 0 unspecified atom stereocenters. The van der Waals surface area contributed by atoms with Gasteiger partial charge in [0, 0.05) is 24.2 Å². The van der Waals surface area contributed by atoms with Gasteiger partial charge in [0.1, 0.15) is 5.82 Å². The first-order valence-corrected chi connectivity index (χ1v) is 6.41. The van der Waals surface area contributed by atoms with Crippen molar-refractivity contribution in [1.82, 2.24) is 0 Å². The molecule has 0 spiro atoms. The predicted molar refractivity (Wildman–Crippen MR) is 74.9 cm³/mol. The lowest BCUT2D eigenvalue weighted by molar-refractivity contribution is -0.384. The van der Waals surface area contributed by atoms with Crippen molar-refractivity contribution in [2.75, 3.05) is 11.4 Å². The molecule has 6 heteroatoms. The second-order valence-corrected chi connectivity index (χ2v) is 4.78. The normalized spacial score (nSPS) is 13.1. The molecule has 0 radical (unpaired) electrons. The zero-order chi connectivity index (χ0) is 15.0. The fourth-order valence-corrected chi connectivity index (χ4v) is 2.44. The van der Waals surface area contributed by atoms with Crippen LogP contribution < -0.4 is 4.90 Å². The zero-order valence-corrected chi connectivity index (χ0v) is 11.0. The molecule has 0 fully saturated rings. The number of hydrogen-bond acceptors (Lipinski definition) is 3. The Labute approximate surface area is 119 Å².